The first-order valence-electron chi connectivity index (χ1n) is 8.33. The van der Waals surface area contributed by atoms with Crippen LogP contribution >= 0.6 is 0 Å². The van der Waals surface area contributed by atoms with Gasteiger partial charge in [-0.3, -0.25) is 9.59 Å². The first-order chi connectivity index (χ1) is 11.6. The number of nitrogens with one attached hydrogen (secondary N) is 2. The summed E-state index contributed by atoms with van der Waals surface area (Å²) in [6.45, 7) is 11.4. The van der Waals surface area contributed by atoms with Gasteiger partial charge in [0.25, 0.3) is 0 Å². The summed E-state index contributed by atoms with van der Waals surface area (Å²) in [6, 6.07) is 9.50. The molecule has 2 rings (SSSR count). The minimum Gasteiger partial charge on any atom is -0.359 e. The number of likely N-dealkylation sites (tertiary alicyclic amines) is 1. The van der Waals surface area contributed by atoms with Gasteiger partial charge in [0.2, 0.25) is 11.8 Å². The third-order valence-corrected chi connectivity index (χ3v) is 3.64. The summed E-state index contributed by atoms with van der Waals surface area (Å²) < 4.78 is 0. The Balaban J connectivity index is 0.00000123. The van der Waals surface area contributed by atoms with E-state index in [-0.39, 0.29) is 23.8 Å². The molecular formula is C19H31N3O2. The number of rotatable bonds is 4. The van der Waals surface area contributed by atoms with Crippen molar-refractivity contribution in [2.75, 3.05) is 27.2 Å². The van der Waals surface area contributed by atoms with E-state index in [0.29, 0.717) is 19.5 Å². The highest BCUT2D eigenvalue weighted by atomic mass is 16.2. The summed E-state index contributed by atoms with van der Waals surface area (Å²) >= 11 is 0. The number of carbonyl (C=O) groups is 2. The van der Waals surface area contributed by atoms with Gasteiger partial charge in [-0.1, -0.05) is 44.2 Å². The Morgan fingerprint density at radius 3 is 2.29 bits per heavy atom. The Bertz CT molecular complexity index is 491. The molecule has 5 heteroatoms. The van der Waals surface area contributed by atoms with Crippen LogP contribution in [0.15, 0.2) is 43.5 Å². The standard InChI is InChI=1S/C15H21N3O2.C2H6.C2H4/c1-16-15(20)12-9-18(2)10-13(12)17-14(19)8-11-6-4-3-5-7-11;2*1-2/h3-7,12-13H,8-10H2,1-2H3,(H,16,20)(H,17,19);1-2H3;1-2H2. The van der Waals surface area contributed by atoms with Gasteiger partial charge in [0, 0.05) is 20.1 Å². The van der Waals surface area contributed by atoms with Crippen molar-refractivity contribution in [2.45, 2.75) is 26.3 Å². The largest absolute Gasteiger partial charge is 0.359 e. The molecule has 0 aliphatic carbocycles. The number of hydrogen-bond donors (Lipinski definition) is 2. The van der Waals surface area contributed by atoms with Crippen LogP contribution in [0.25, 0.3) is 0 Å². The summed E-state index contributed by atoms with van der Waals surface area (Å²) in [5.41, 5.74) is 0.979. The molecule has 2 atom stereocenters. The normalized spacial score (nSPS) is 19.2. The molecule has 2 amide bonds. The van der Waals surface area contributed by atoms with E-state index in [9.17, 15) is 9.59 Å². The van der Waals surface area contributed by atoms with Crippen molar-refractivity contribution in [3.05, 3.63) is 49.1 Å². The Morgan fingerprint density at radius 2 is 1.75 bits per heavy atom. The second-order valence-corrected chi connectivity index (χ2v) is 5.28. The molecule has 0 spiro atoms. The third kappa shape index (κ3) is 6.96. The van der Waals surface area contributed by atoms with E-state index in [1.165, 1.54) is 0 Å². The van der Waals surface area contributed by atoms with E-state index in [1.807, 2.05) is 51.2 Å². The molecule has 0 bridgehead atoms. The molecule has 1 aromatic carbocycles. The van der Waals surface area contributed by atoms with E-state index in [4.69, 9.17) is 0 Å². The molecule has 1 aliphatic heterocycles. The molecule has 134 valence electrons. The van der Waals surface area contributed by atoms with Crippen molar-refractivity contribution >= 4 is 11.8 Å². The zero-order valence-electron chi connectivity index (χ0n) is 15.3. The van der Waals surface area contributed by atoms with Crippen LogP contribution in [0.4, 0.5) is 0 Å². The van der Waals surface area contributed by atoms with Gasteiger partial charge >= 0.3 is 0 Å². The van der Waals surface area contributed by atoms with Crippen molar-refractivity contribution in [2.24, 2.45) is 5.92 Å². The molecule has 1 aromatic rings. The van der Waals surface area contributed by atoms with E-state index in [0.717, 1.165) is 5.56 Å². The molecule has 5 nitrogen and oxygen atoms in total. The lowest BCUT2D eigenvalue weighted by atomic mass is 10.0. The molecule has 1 heterocycles. The van der Waals surface area contributed by atoms with Crippen LogP contribution in [-0.2, 0) is 16.0 Å². The van der Waals surface area contributed by atoms with Gasteiger partial charge < -0.3 is 15.5 Å². The van der Waals surface area contributed by atoms with Crippen molar-refractivity contribution in [1.82, 2.24) is 15.5 Å². The van der Waals surface area contributed by atoms with E-state index in [2.05, 4.69) is 28.7 Å². The van der Waals surface area contributed by atoms with E-state index < -0.39 is 0 Å². The lowest BCUT2D eigenvalue weighted by Crippen LogP contribution is -2.46. The smallest absolute Gasteiger partial charge is 0.226 e. The molecule has 1 aliphatic rings. The molecule has 0 aromatic heterocycles. The van der Waals surface area contributed by atoms with Gasteiger partial charge in [0.15, 0.2) is 0 Å². The molecule has 24 heavy (non-hydrogen) atoms. The number of likely N-dealkylation sites (N-methyl/N-ethyl adjacent to an activating group) is 1. The van der Waals surface area contributed by atoms with Crippen LogP contribution < -0.4 is 10.6 Å². The molecule has 2 N–H and O–H groups in total. The summed E-state index contributed by atoms with van der Waals surface area (Å²) in [5, 5.41) is 5.65. The average Bonchev–Trinajstić information content (AvgIpc) is 2.98. The maximum Gasteiger partial charge on any atom is 0.226 e. The monoisotopic (exact) mass is 333 g/mol. The fourth-order valence-corrected chi connectivity index (χ4v) is 2.64. The van der Waals surface area contributed by atoms with Gasteiger partial charge in [-0.2, -0.15) is 0 Å². The Hall–Kier alpha value is -2.14. The molecule has 0 saturated carbocycles. The minimum absolute atomic E-state index is 0.0145. The van der Waals surface area contributed by atoms with Crippen LogP contribution in [0.1, 0.15) is 19.4 Å². The Kier molecular flexibility index (Phi) is 11.2. The number of benzene rings is 1. The highest BCUT2D eigenvalue weighted by Crippen LogP contribution is 2.16. The van der Waals surface area contributed by atoms with Crippen molar-refractivity contribution in [1.29, 1.82) is 0 Å². The van der Waals surface area contributed by atoms with Crippen LogP contribution in [0.5, 0.6) is 0 Å². The number of amides is 2. The van der Waals surface area contributed by atoms with Gasteiger partial charge in [0.1, 0.15) is 0 Å². The lowest BCUT2D eigenvalue weighted by Gasteiger charge is -2.18. The predicted molar refractivity (Wildman–Crippen MR) is 99.7 cm³/mol. The molecule has 1 fully saturated rings. The lowest BCUT2D eigenvalue weighted by molar-refractivity contribution is -0.125. The second kappa shape index (κ2) is 12.3. The number of hydrogen-bond acceptors (Lipinski definition) is 3. The quantitative estimate of drug-likeness (QED) is 0.827. The second-order valence-electron chi connectivity index (χ2n) is 5.28. The summed E-state index contributed by atoms with van der Waals surface area (Å²) in [5.74, 6) is -0.227. The van der Waals surface area contributed by atoms with Crippen molar-refractivity contribution < 1.29 is 9.59 Å². The van der Waals surface area contributed by atoms with Crippen LogP contribution in [0.3, 0.4) is 0 Å². The van der Waals surface area contributed by atoms with Gasteiger partial charge in [-0.05, 0) is 12.6 Å². The molecule has 0 radical (unpaired) electrons. The molecule has 1 saturated heterocycles. The minimum atomic E-state index is -0.176. The third-order valence-electron chi connectivity index (χ3n) is 3.64. The zero-order chi connectivity index (χ0) is 18.5. The molecular weight excluding hydrogens is 302 g/mol. The van der Waals surface area contributed by atoms with Crippen molar-refractivity contribution in [3.8, 4) is 0 Å². The Labute approximate surface area is 146 Å². The van der Waals surface area contributed by atoms with Gasteiger partial charge in [0.05, 0.1) is 18.4 Å². The predicted octanol–water partition coefficient (Wildman–Crippen LogP) is 1.85. The summed E-state index contributed by atoms with van der Waals surface area (Å²) in [4.78, 5) is 26.0. The first kappa shape index (κ1) is 21.9. The maximum atomic E-state index is 12.1. The Morgan fingerprint density at radius 1 is 1.17 bits per heavy atom. The fraction of sp³-hybridized carbons (Fsp3) is 0.474. The van der Waals surface area contributed by atoms with Crippen LogP contribution in [-0.4, -0.2) is 49.9 Å². The summed E-state index contributed by atoms with van der Waals surface area (Å²) in [7, 11) is 3.59. The van der Waals surface area contributed by atoms with Gasteiger partial charge in [-0.15, -0.1) is 13.2 Å². The van der Waals surface area contributed by atoms with E-state index >= 15 is 0 Å². The molecule has 2 unspecified atom stereocenters. The van der Waals surface area contributed by atoms with Crippen molar-refractivity contribution in [3.63, 3.8) is 0 Å². The topological polar surface area (TPSA) is 61.4 Å². The van der Waals surface area contributed by atoms with Crippen LogP contribution in [0, 0.1) is 5.92 Å². The number of carbonyl (C=O) groups excluding carboxylic acids is 2. The van der Waals surface area contributed by atoms with Gasteiger partial charge in [-0.25, -0.2) is 0 Å². The van der Waals surface area contributed by atoms with E-state index in [1.54, 1.807) is 7.05 Å². The fourth-order valence-electron chi connectivity index (χ4n) is 2.64. The first-order valence-corrected chi connectivity index (χ1v) is 8.33. The SMILES string of the molecule is C=C.CC.CNC(=O)C1CN(C)CC1NC(=O)Cc1ccccc1. The zero-order valence-corrected chi connectivity index (χ0v) is 15.3. The maximum absolute atomic E-state index is 12.1. The summed E-state index contributed by atoms with van der Waals surface area (Å²) in [6.07, 6.45) is 0.349. The highest BCUT2D eigenvalue weighted by Gasteiger charge is 2.36. The average molecular weight is 333 g/mol. The highest BCUT2D eigenvalue weighted by molar-refractivity contribution is 5.83. The van der Waals surface area contributed by atoms with Crippen LogP contribution in [0.2, 0.25) is 0 Å². The number of nitrogens with zero attached hydrogens (tertiary/aromatic N) is 1.